The Balaban J connectivity index is 1.21. The predicted octanol–water partition coefficient (Wildman–Crippen LogP) is 6.22. The van der Waals surface area contributed by atoms with Gasteiger partial charge >= 0.3 is 0 Å². The summed E-state index contributed by atoms with van der Waals surface area (Å²) < 4.78 is 13.0. The number of carbonyl (C=O) groups excluding carboxylic acids is 1. The predicted molar refractivity (Wildman–Crippen MR) is 185 cm³/mol. The maximum Gasteiger partial charge on any atom is 0.237 e. The molecule has 248 valence electrons. The van der Waals surface area contributed by atoms with Crippen molar-refractivity contribution < 1.29 is 14.3 Å². The highest BCUT2D eigenvalue weighted by molar-refractivity contribution is 6.39. The molecule has 0 unspecified atom stereocenters. The summed E-state index contributed by atoms with van der Waals surface area (Å²) in [7, 11) is 5.04. The van der Waals surface area contributed by atoms with Gasteiger partial charge in [0.1, 0.15) is 11.4 Å². The van der Waals surface area contributed by atoms with Gasteiger partial charge in [0, 0.05) is 61.1 Å². The van der Waals surface area contributed by atoms with Crippen LogP contribution in [0.3, 0.4) is 0 Å². The molecule has 48 heavy (non-hydrogen) atoms. The second kappa shape index (κ2) is 15.1. The second-order valence-electron chi connectivity index (χ2n) is 11.5. The van der Waals surface area contributed by atoms with Crippen LogP contribution in [0.2, 0.25) is 10.0 Å². The molecule has 1 fully saturated rings. The van der Waals surface area contributed by atoms with Crippen LogP contribution in [0, 0.1) is 0 Å². The Labute approximate surface area is 289 Å². The highest BCUT2D eigenvalue weighted by atomic mass is 35.5. The fourth-order valence-corrected chi connectivity index (χ4v) is 6.47. The molecule has 2 aromatic carbocycles. The van der Waals surface area contributed by atoms with Crippen molar-refractivity contribution in [3.63, 3.8) is 0 Å². The smallest absolute Gasteiger partial charge is 0.237 e. The maximum atomic E-state index is 11.5. The average Bonchev–Trinajstić information content (AvgIpc) is 3.72. The Morgan fingerprint density at radius 2 is 1.48 bits per heavy atom. The molecule has 6 rings (SSSR count). The number of halogens is 2. The zero-order valence-electron chi connectivity index (χ0n) is 27.0. The number of carbonyl (C=O) groups is 1. The van der Waals surface area contributed by atoms with Gasteiger partial charge in [-0.25, -0.2) is 9.97 Å². The highest BCUT2D eigenvalue weighted by Gasteiger charge is 2.22. The topological polar surface area (TPSA) is 129 Å². The number of hydrogen-bond donors (Lipinski definition) is 2. The number of amides is 1. The van der Waals surface area contributed by atoms with Crippen LogP contribution in [0.4, 0.5) is 0 Å². The van der Waals surface area contributed by atoms with E-state index in [0.717, 1.165) is 41.8 Å². The number of ether oxygens (including phenoxy) is 2. The number of benzene rings is 2. The third-order valence-corrected chi connectivity index (χ3v) is 9.08. The Bertz CT molecular complexity index is 1930. The van der Waals surface area contributed by atoms with E-state index in [0.29, 0.717) is 75.9 Å². The third kappa shape index (κ3) is 7.43. The monoisotopic (exact) mass is 686 g/mol. The first-order chi connectivity index (χ1) is 23.3. The molecule has 0 bridgehead atoms. The van der Waals surface area contributed by atoms with Gasteiger partial charge in [-0.15, -0.1) is 0 Å². The molecule has 5 aromatic rings. The first-order valence-corrected chi connectivity index (χ1v) is 16.5. The Kier molecular flexibility index (Phi) is 10.5. The first-order valence-electron chi connectivity index (χ1n) is 15.7. The zero-order chi connectivity index (χ0) is 33.6. The van der Waals surface area contributed by atoms with Crippen molar-refractivity contribution in [2.75, 3.05) is 14.2 Å². The summed E-state index contributed by atoms with van der Waals surface area (Å²) in [6.45, 7) is 1.05. The second-order valence-corrected chi connectivity index (χ2v) is 12.3. The quantitative estimate of drug-likeness (QED) is 0.148. The molecule has 4 heterocycles. The summed E-state index contributed by atoms with van der Waals surface area (Å²) in [5, 5.41) is 11.7. The van der Waals surface area contributed by atoms with E-state index in [9.17, 15) is 4.79 Å². The number of nitrogens with one attached hydrogen (secondary N) is 2. The summed E-state index contributed by atoms with van der Waals surface area (Å²) in [5.41, 5.74) is 6.38. The van der Waals surface area contributed by atoms with Crippen molar-refractivity contribution in [2.24, 2.45) is 7.05 Å². The minimum atomic E-state index is 0.123. The Morgan fingerprint density at radius 3 is 2.04 bits per heavy atom. The lowest BCUT2D eigenvalue weighted by atomic mass is 9.98. The van der Waals surface area contributed by atoms with Crippen molar-refractivity contribution in [3.05, 3.63) is 88.2 Å². The first kappa shape index (κ1) is 33.3. The highest BCUT2D eigenvalue weighted by Crippen LogP contribution is 2.42. The average molecular weight is 688 g/mol. The van der Waals surface area contributed by atoms with Crippen LogP contribution in [-0.2, 0) is 31.4 Å². The summed E-state index contributed by atoms with van der Waals surface area (Å²) in [6.07, 6.45) is 9.22. The summed E-state index contributed by atoms with van der Waals surface area (Å²) >= 11 is 14.1. The van der Waals surface area contributed by atoms with Crippen molar-refractivity contribution in [2.45, 2.75) is 51.2 Å². The van der Waals surface area contributed by atoms with Gasteiger partial charge in [0.25, 0.3) is 0 Å². The fraction of sp³-hybridized carbons (Fsp3) is 0.314. The molecule has 0 radical (unpaired) electrons. The van der Waals surface area contributed by atoms with Crippen LogP contribution in [0.25, 0.3) is 33.6 Å². The van der Waals surface area contributed by atoms with Crippen LogP contribution in [0.1, 0.15) is 42.8 Å². The maximum absolute atomic E-state index is 11.5. The van der Waals surface area contributed by atoms with Gasteiger partial charge in [-0.2, -0.15) is 5.10 Å². The van der Waals surface area contributed by atoms with Crippen molar-refractivity contribution in [1.82, 2.24) is 40.3 Å². The fourth-order valence-electron chi connectivity index (χ4n) is 5.83. The van der Waals surface area contributed by atoms with Crippen LogP contribution in [0.15, 0.2) is 61.1 Å². The minimum absolute atomic E-state index is 0.123. The van der Waals surface area contributed by atoms with Gasteiger partial charge in [0.15, 0.2) is 0 Å². The molecule has 1 aliphatic rings. The number of aromatic nitrogens is 6. The largest absolute Gasteiger partial charge is 0.480 e. The summed E-state index contributed by atoms with van der Waals surface area (Å²) in [5.74, 6) is 0.981. The minimum Gasteiger partial charge on any atom is -0.480 e. The van der Waals surface area contributed by atoms with E-state index in [1.54, 1.807) is 31.3 Å². The normalized spacial score (nSPS) is 14.3. The molecule has 1 aliphatic heterocycles. The molecule has 2 N–H and O–H groups in total. The molecule has 1 saturated heterocycles. The molecule has 13 heteroatoms. The molecule has 0 spiro atoms. The van der Waals surface area contributed by atoms with Crippen molar-refractivity contribution >= 4 is 29.1 Å². The van der Waals surface area contributed by atoms with E-state index in [1.165, 1.54) is 0 Å². The van der Waals surface area contributed by atoms with Gasteiger partial charge in [-0.1, -0.05) is 59.6 Å². The number of aryl methyl sites for hydroxylation is 2. The molecule has 1 amide bonds. The standard InChI is InChI=1S/C35H36Cl2N8O3/c1-45-16-15-22(44-45)17-38-18-30-35(48-3)43-29(20-40-30)26-11-6-9-24(33(26)37)23-8-5-10-25(32(23)36)28-19-39-27(34(42-28)47-2)12-4-7-21-13-14-31(46)41-21/h5-6,8-11,15-16,19-21,38H,4,7,12-14,17-18H2,1-3H3,(H,41,46)/t21-/m1/s1. The van der Waals surface area contributed by atoms with E-state index in [2.05, 4.69) is 25.7 Å². The van der Waals surface area contributed by atoms with E-state index in [-0.39, 0.29) is 11.9 Å². The lowest BCUT2D eigenvalue weighted by Gasteiger charge is -2.15. The SMILES string of the molecule is COc1nc(-c2cccc(-c3cccc(-c4cnc(CNCc5ccn(C)n5)c(OC)n4)c3Cl)c2Cl)cnc1CCC[C@@H]1CCC(=O)N1. The van der Waals surface area contributed by atoms with Gasteiger partial charge in [0.05, 0.1) is 53.7 Å². The number of nitrogens with zero attached hydrogens (tertiary/aromatic N) is 6. The van der Waals surface area contributed by atoms with E-state index >= 15 is 0 Å². The molecule has 1 atom stereocenters. The lowest BCUT2D eigenvalue weighted by molar-refractivity contribution is -0.119. The van der Waals surface area contributed by atoms with Gasteiger partial charge in [-0.3, -0.25) is 19.4 Å². The van der Waals surface area contributed by atoms with E-state index in [1.807, 2.05) is 55.7 Å². The lowest BCUT2D eigenvalue weighted by Crippen LogP contribution is -2.25. The van der Waals surface area contributed by atoms with Gasteiger partial charge < -0.3 is 20.1 Å². The van der Waals surface area contributed by atoms with Crippen LogP contribution in [0.5, 0.6) is 11.8 Å². The van der Waals surface area contributed by atoms with Crippen LogP contribution in [-0.4, -0.2) is 55.9 Å². The molecule has 0 saturated carbocycles. The van der Waals surface area contributed by atoms with Crippen molar-refractivity contribution in [3.8, 4) is 45.4 Å². The van der Waals surface area contributed by atoms with E-state index in [4.69, 9.17) is 42.6 Å². The molecule has 11 nitrogen and oxygen atoms in total. The van der Waals surface area contributed by atoms with E-state index < -0.39 is 0 Å². The Morgan fingerprint density at radius 1 is 0.875 bits per heavy atom. The third-order valence-electron chi connectivity index (χ3n) is 8.27. The van der Waals surface area contributed by atoms with Crippen LogP contribution < -0.4 is 20.1 Å². The molecule has 3 aromatic heterocycles. The number of rotatable bonds is 13. The summed E-state index contributed by atoms with van der Waals surface area (Å²) in [6, 6.07) is 13.6. The van der Waals surface area contributed by atoms with Gasteiger partial charge in [-0.05, 0) is 31.7 Å². The van der Waals surface area contributed by atoms with Crippen LogP contribution >= 0.6 is 23.2 Å². The number of methoxy groups -OCH3 is 2. The molecule has 0 aliphatic carbocycles. The number of hydrogen-bond acceptors (Lipinski definition) is 9. The molecular formula is C35H36Cl2N8O3. The Hall–Kier alpha value is -4.58. The summed E-state index contributed by atoms with van der Waals surface area (Å²) in [4.78, 5) is 30.3. The van der Waals surface area contributed by atoms with Crippen molar-refractivity contribution in [1.29, 1.82) is 0 Å². The zero-order valence-corrected chi connectivity index (χ0v) is 28.5. The molecular weight excluding hydrogens is 651 g/mol. The van der Waals surface area contributed by atoms with Gasteiger partial charge in [0.2, 0.25) is 17.7 Å².